The van der Waals surface area contributed by atoms with Crippen LogP contribution >= 0.6 is 24.0 Å². The van der Waals surface area contributed by atoms with Crippen molar-refractivity contribution in [2.45, 2.75) is 25.9 Å². The molecule has 0 spiro atoms. The van der Waals surface area contributed by atoms with Gasteiger partial charge in [0.25, 0.3) is 0 Å². The number of guanidine groups is 1. The molecule has 0 aromatic carbocycles. The number of methoxy groups -OCH3 is 1. The molecule has 0 aliphatic heterocycles. The van der Waals surface area contributed by atoms with Gasteiger partial charge in [-0.1, -0.05) is 13.0 Å². The first-order chi connectivity index (χ1) is 8.72. The van der Waals surface area contributed by atoms with Crippen LogP contribution in [0.2, 0.25) is 0 Å². The molecule has 1 saturated carbocycles. The van der Waals surface area contributed by atoms with E-state index in [4.69, 9.17) is 4.74 Å². The molecule has 0 saturated heterocycles. The van der Waals surface area contributed by atoms with Gasteiger partial charge < -0.3 is 15.4 Å². The molecule has 2 atom stereocenters. The number of nitrogens with zero attached hydrogens (tertiary/aromatic N) is 2. The fourth-order valence-corrected chi connectivity index (χ4v) is 1.72. The van der Waals surface area contributed by atoms with Crippen molar-refractivity contribution < 1.29 is 4.74 Å². The summed E-state index contributed by atoms with van der Waals surface area (Å²) in [6.45, 7) is 2.94. The Hall–Kier alpha value is -1.05. The Morgan fingerprint density at radius 3 is 2.74 bits per heavy atom. The average Bonchev–Trinajstić information content (AvgIpc) is 3.10. The normalized spacial score (nSPS) is 21.3. The maximum Gasteiger partial charge on any atom is 0.212 e. The van der Waals surface area contributed by atoms with E-state index in [2.05, 4.69) is 27.5 Å². The Morgan fingerprint density at radius 1 is 1.53 bits per heavy atom. The highest BCUT2D eigenvalue weighted by molar-refractivity contribution is 14.0. The quantitative estimate of drug-likeness (QED) is 0.478. The van der Waals surface area contributed by atoms with Crippen LogP contribution < -0.4 is 15.4 Å². The van der Waals surface area contributed by atoms with Crippen LogP contribution in [0.1, 0.15) is 18.9 Å². The first-order valence-electron chi connectivity index (χ1n) is 6.19. The predicted molar refractivity (Wildman–Crippen MR) is 87.1 cm³/mol. The molecule has 1 aliphatic rings. The summed E-state index contributed by atoms with van der Waals surface area (Å²) in [7, 11) is 3.40. The van der Waals surface area contributed by atoms with Gasteiger partial charge in [0.1, 0.15) is 0 Å². The van der Waals surface area contributed by atoms with Crippen molar-refractivity contribution >= 4 is 29.9 Å². The van der Waals surface area contributed by atoms with Crippen molar-refractivity contribution in [1.29, 1.82) is 0 Å². The van der Waals surface area contributed by atoms with E-state index in [1.807, 2.05) is 12.1 Å². The van der Waals surface area contributed by atoms with Gasteiger partial charge in [-0.15, -0.1) is 24.0 Å². The highest BCUT2D eigenvalue weighted by atomic mass is 127. The Bertz CT molecular complexity index is 421. The molecule has 1 aliphatic carbocycles. The Labute approximate surface area is 131 Å². The molecule has 1 aromatic heterocycles. The van der Waals surface area contributed by atoms with Crippen LogP contribution in [0.15, 0.2) is 23.3 Å². The third-order valence-electron chi connectivity index (χ3n) is 3.12. The molecule has 6 heteroatoms. The number of pyridine rings is 1. The lowest BCUT2D eigenvalue weighted by molar-refractivity contribution is 0.397. The summed E-state index contributed by atoms with van der Waals surface area (Å²) in [4.78, 5) is 8.36. The van der Waals surface area contributed by atoms with E-state index >= 15 is 0 Å². The summed E-state index contributed by atoms with van der Waals surface area (Å²) in [5, 5.41) is 6.65. The molecule has 2 unspecified atom stereocenters. The summed E-state index contributed by atoms with van der Waals surface area (Å²) in [6, 6.07) is 4.42. The van der Waals surface area contributed by atoms with Gasteiger partial charge in [0, 0.05) is 31.9 Å². The van der Waals surface area contributed by atoms with E-state index in [0.717, 1.165) is 17.4 Å². The van der Waals surface area contributed by atoms with E-state index in [-0.39, 0.29) is 24.0 Å². The summed E-state index contributed by atoms with van der Waals surface area (Å²) >= 11 is 0. The fraction of sp³-hybridized carbons (Fsp3) is 0.538. The number of rotatable bonds is 4. The van der Waals surface area contributed by atoms with Crippen molar-refractivity contribution in [1.82, 2.24) is 15.6 Å². The van der Waals surface area contributed by atoms with E-state index in [1.54, 1.807) is 20.4 Å². The van der Waals surface area contributed by atoms with Gasteiger partial charge in [0.15, 0.2) is 5.96 Å². The van der Waals surface area contributed by atoms with Crippen LogP contribution in [0.5, 0.6) is 5.88 Å². The van der Waals surface area contributed by atoms with Gasteiger partial charge in [-0.3, -0.25) is 4.99 Å². The highest BCUT2D eigenvalue weighted by Gasteiger charge is 2.33. The van der Waals surface area contributed by atoms with E-state index < -0.39 is 0 Å². The number of aliphatic imine (C=N–C) groups is 1. The number of hydrogen-bond donors (Lipinski definition) is 2. The first-order valence-corrected chi connectivity index (χ1v) is 6.19. The minimum absolute atomic E-state index is 0. The van der Waals surface area contributed by atoms with Crippen molar-refractivity contribution in [2.75, 3.05) is 14.2 Å². The smallest absolute Gasteiger partial charge is 0.212 e. The van der Waals surface area contributed by atoms with E-state index in [9.17, 15) is 0 Å². The molecule has 0 amide bonds. The third kappa shape index (κ3) is 4.85. The zero-order chi connectivity index (χ0) is 13.0. The molecular formula is C13H21IN4O. The second-order valence-electron chi connectivity index (χ2n) is 4.60. The molecule has 5 nitrogen and oxygen atoms in total. The van der Waals surface area contributed by atoms with Gasteiger partial charge in [-0.2, -0.15) is 0 Å². The van der Waals surface area contributed by atoms with Crippen LogP contribution in [0.4, 0.5) is 0 Å². The zero-order valence-corrected chi connectivity index (χ0v) is 13.8. The summed E-state index contributed by atoms with van der Waals surface area (Å²) in [6.07, 6.45) is 3.03. The van der Waals surface area contributed by atoms with Gasteiger partial charge in [-0.05, 0) is 17.9 Å². The minimum atomic E-state index is 0. The number of hydrogen-bond acceptors (Lipinski definition) is 3. The van der Waals surface area contributed by atoms with Crippen molar-refractivity contribution in [3.8, 4) is 5.88 Å². The zero-order valence-electron chi connectivity index (χ0n) is 11.5. The standard InChI is InChI=1S/C13H20N4O.HI/c1-9-6-11(9)17-13(14-2)16-8-10-4-5-12(18-3)15-7-10;/h4-5,7,9,11H,6,8H2,1-3H3,(H2,14,16,17);1H. The van der Waals surface area contributed by atoms with Crippen LogP contribution in [-0.4, -0.2) is 31.1 Å². The van der Waals surface area contributed by atoms with Gasteiger partial charge in [-0.25, -0.2) is 4.98 Å². The molecule has 1 aromatic rings. The molecule has 0 bridgehead atoms. The van der Waals surface area contributed by atoms with Gasteiger partial charge in [0.2, 0.25) is 5.88 Å². The molecule has 0 radical (unpaired) electrons. The Kier molecular flexibility index (Phi) is 6.33. The lowest BCUT2D eigenvalue weighted by Gasteiger charge is -2.11. The van der Waals surface area contributed by atoms with Gasteiger partial charge in [0.05, 0.1) is 7.11 Å². The average molecular weight is 376 g/mol. The Morgan fingerprint density at radius 2 is 2.26 bits per heavy atom. The number of ether oxygens (including phenoxy) is 1. The van der Waals surface area contributed by atoms with Crippen LogP contribution in [-0.2, 0) is 6.54 Å². The topological polar surface area (TPSA) is 58.5 Å². The molecular weight excluding hydrogens is 355 g/mol. The summed E-state index contributed by atoms with van der Waals surface area (Å²) in [5.74, 6) is 2.24. The van der Waals surface area contributed by atoms with E-state index in [0.29, 0.717) is 18.5 Å². The number of halogens is 1. The van der Waals surface area contributed by atoms with Gasteiger partial charge >= 0.3 is 0 Å². The first kappa shape index (κ1) is 16.0. The second kappa shape index (κ2) is 7.52. The highest BCUT2D eigenvalue weighted by Crippen LogP contribution is 2.28. The van der Waals surface area contributed by atoms with E-state index in [1.165, 1.54) is 6.42 Å². The number of aromatic nitrogens is 1. The lowest BCUT2D eigenvalue weighted by atomic mass is 10.3. The second-order valence-corrected chi connectivity index (χ2v) is 4.60. The molecule has 106 valence electrons. The maximum atomic E-state index is 5.02. The molecule has 2 N–H and O–H groups in total. The third-order valence-corrected chi connectivity index (χ3v) is 3.12. The van der Waals surface area contributed by atoms with Crippen molar-refractivity contribution in [3.05, 3.63) is 23.9 Å². The predicted octanol–water partition coefficient (Wildman–Crippen LogP) is 1.78. The largest absolute Gasteiger partial charge is 0.481 e. The van der Waals surface area contributed by atoms with Crippen LogP contribution in [0.25, 0.3) is 0 Å². The maximum absolute atomic E-state index is 5.02. The molecule has 1 fully saturated rings. The lowest BCUT2D eigenvalue weighted by Crippen LogP contribution is -2.38. The molecule has 1 heterocycles. The van der Waals surface area contributed by atoms with Crippen molar-refractivity contribution in [3.63, 3.8) is 0 Å². The molecule has 19 heavy (non-hydrogen) atoms. The summed E-state index contributed by atoms with van der Waals surface area (Å²) < 4.78 is 5.02. The fourth-order valence-electron chi connectivity index (χ4n) is 1.72. The number of nitrogens with one attached hydrogen (secondary N) is 2. The summed E-state index contributed by atoms with van der Waals surface area (Å²) in [5.41, 5.74) is 1.10. The minimum Gasteiger partial charge on any atom is -0.481 e. The van der Waals surface area contributed by atoms with Crippen LogP contribution in [0.3, 0.4) is 0 Å². The van der Waals surface area contributed by atoms with Crippen LogP contribution in [0, 0.1) is 5.92 Å². The molecule has 2 rings (SSSR count). The Balaban J connectivity index is 0.00000180. The van der Waals surface area contributed by atoms with Crippen molar-refractivity contribution in [2.24, 2.45) is 10.9 Å². The monoisotopic (exact) mass is 376 g/mol. The SMILES string of the molecule is CN=C(NCc1ccc(OC)nc1)NC1CC1C.I.